The van der Waals surface area contributed by atoms with Gasteiger partial charge in [-0.3, -0.25) is 9.89 Å². The van der Waals surface area contributed by atoms with E-state index in [0.29, 0.717) is 22.5 Å². The number of carbonyl (C=O) groups is 1. The fraction of sp³-hybridized carbons (Fsp3) is 0.120. The topological polar surface area (TPSA) is 57.8 Å². The summed E-state index contributed by atoms with van der Waals surface area (Å²) < 4.78 is 38.9. The third-order valence-corrected chi connectivity index (χ3v) is 5.17. The number of hydrogen-bond donors (Lipinski definition) is 2. The van der Waals surface area contributed by atoms with Gasteiger partial charge in [-0.15, -0.1) is 0 Å². The molecule has 1 aromatic heterocycles. The fourth-order valence-corrected chi connectivity index (χ4v) is 3.38. The van der Waals surface area contributed by atoms with Gasteiger partial charge >= 0.3 is 6.18 Å². The van der Waals surface area contributed by atoms with E-state index < -0.39 is 11.7 Å². The second-order valence-electron chi connectivity index (χ2n) is 7.43. The lowest BCUT2D eigenvalue weighted by atomic mass is 10.0. The van der Waals surface area contributed by atoms with Crippen LogP contribution in [0.1, 0.15) is 34.5 Å². The average molecular weight is 435 g/mol. The molecule has 3 aromatic carbocycles. The number of amides is 1. The molecule has 0 aliphatic rings. The molecule has 0 saturated heterocycles. The molecule has 0 fully saturated rings. The number of rotatable bonds is 5. The normalized spacial score (nSPS) is 12.4. The largest absolute Gasteiger partial charge is 0.416 e. The monoisotopic (exact) mass is 435 g/mol. The summed E-state index contributed by atoms with van der Waals surface area (Å²) in [5, 5.41) is 9.96. The number of benzene rings is 3. The molecule has 0 bridgehead atoms. The number of H-pyrrole nitrogens is 1. The second kappa shape index (κ2) is 8.70. The minimum Gasteiger partial charge on any atom is -0.346 e. The van der Waals surface area contributed by atoms with Gasteiger partial charge in [0.2, 0.25) is 0 Å². The Morgan fingerprint density at radius 1 is 0.906 bits per heavy atom. The summed E-state index contributed by atoms with van der Waals surface area (Å²) in [6.07, 6.45) is -4.41. The molecule has 0 saturated carbocycles. The van der Waals surface area contributed by atoms with Gasteiger partial charge < -0.3 is 5.32 Å². The van der Waals surface area contributed by atoms with Gasteiger partial charge in [-0.25, -0.2) is 0 Å². The summed E-state index contributed by atoms with van der Waals surface area (Å²) in [5.74, 6) is -0.192. The molecule has 4 rings (SSSR count). The van der Waals surface area contributed by atoms with Crippen LogP contribution >= 0.6 is 0 Å². The second-order valence-corrected chi connectivity index (χ2v) is 7.43. The van der Waals surface area contributed by atoms with Crippen LogP contribution in [0.5, 0.6) is 0 Å². The molecule has 32 heavy (non-hydrogen) atoms. The first-order valence-corrected chi connectivity index (χ1v) is 10.0. The molecule has 1 unspecified atom stereocenters. The molecule has 1 atom stereocenters. The van der Waals surface area contributed by atoms with Crippen molar-refractivity contribution in [1.82, 2.24) is 15.5 Å². The SMILES string of the molecule is CC(NC(=O)c1ccc(-c2cc(-c3cccc(C(F)(F)F)c3)n[nH]2)cc1)c1ccccc1. The molecule has 1 amide bonds. The van der Waals surface area contributed by atoms with Crippen LogP contribution in [0.3, 0.4) is 0 Å². The molecule has 4 aromatic rings. The van der Waals surface area contributed by atoms with Gasteiger partial charge in [0.05, 0.1) is 23.0 Å². The number of aromatic nitrogens is 2. The molecule has 1 heterocycles. The van der Waals surface area contributed by atoms with Gasteiger partial charge in [-0.05, 0) is 48.4 Å². The molecule has 0 radical (unpaired) electrons. The highest BCUT2D eigenvalue weighted by Crippen LogP contribution is 2.32. The summed E-state index contributed by atoms with van der Waals surface area (Å²) in [6.45, 7) is 1.92. The van der Waals surface area contributed by atoms with Gasteiger partial charge in [-0.1, -0.05) is 54.6 Å². The number of aromatic amines is 1. The van der Waals surface area contributed by atoms with E-state index in [0.717, 1.165) is 23.3 Å². The summed E-state index contributed by atoms with van der Waals surface area (Å²) in [6, 6.07) is 23.2. The van der Waals surface area contributed by atoms with Crippen molar-refractivity contribution in [3.63, 3.8) is 0 Å². The summed E-state index contributed by atoms with van der Waals surface area (Å²) >= 11 is 0. The highest BCUT2D eigenvalue weighted by Gasteiger charge is 2.30. The van der Waals surface area contributed by atoms with Crippen molar-refractivity contribution in [3.8, 4) is 22.5 Å². The Labute approximate surface area is 183 Å². The van der Waals surface area contributed by atoms with E-state index in [1.807, 2.05) is 37.3 Å². The Hall–Kier alpha value is -3.87. The number of alkyl halides is 3. The quantitative estimate of drug-likeness (QED) is 0.389. The fourth-order valence-electron chi connectivity index (χ4n) is 3.38. The first-order chi connectivity index (χ1) is 15.3. The zero-order valence-corrected chi connectivity index (χ0v) is 17.1. The van der Waals surface area contributed by atoms with Crippen molar-refractivity contribution < 1.29 is 18.0 Å². The summed E-state index contributed by atoms with van der Waals surface area (Å²) in [7, 11) is 0. The van der Waals surface area contributed by atoms with Gasteiger partial charge in [0.1, 0.15) is 0 Å². The van der Waals surface area contributed by atoms with E-state index in [1.54, 1.807) is 36.4 Å². The summed E-state index contributed by atoms with van der Waals surface area (Å²) in [5.41, 5.74) is 2.98. The number of halogens is 3. The first-order valence-electron chi connectivity index (χ1n) is 10.0. The Kier molecular flexibility index (Phi) is 5.81. The van der Waals surface area contributed by atoms with Crippen LogP contribution in [0.15, 0.2) is 84.9 Å². The van der Waals surface area contributed by atoms with E-state index in [4.69, 9.17) is 0 Å². The lowest BCUT2D eigenvalue weighted by Gasteiger charge is -2.14. The third kappa shape index (κ3) is 4.72. The lowest BCUT2D eigenvalue weighted by Crippen LogP contribution is -2.26. The zero-order chi connectivity index (χ0) is 22.7. The molecular formula is C25H20F3N3O. The summed E-state index contributed by atoms with van der Waals surface area (Å²) in [4.78, 5) is 12.6. The van der Waals surface area contributed by atoms with Crippen LogP contribution in [-0.4, -0.2) is 16.1 Å². The lowest BCUT2D eigenvalue weighted by molar-refractivity contribution is -0.137. The Balaban J connectivity index is 1.48. The standard InChI is InChI=1S/C25H20F3N3O/c1-16(17-6-3-2-4-7-17)29-24(32)19-12-10-18(11-13-19)22-15-23(31-30-22)20-8-5-9-21(14-20)25(26,27)28/h2-16H,1H3,(H,29,32)(H,30,31). The molecule has 4 nitrogen and oxygen atoms in total. The molecule has 0 spiro atoms. The van der Waals surface area contributed by atoms with E-state index in [2.05, 4.69) is 15.5 Å². The van der Waals surface area contributed by atoms with E-state index in [9.17, 15) is 18.0 Å². The van der Waals surface area contributed by atoms with Crippen molar-refractivity contribution in [2.75, 3.05) is 0 Å². The minimum atomic E-state index is -4.41. The van der Waals surface area contributed by atoms with Crippen molar-refractivity contribution in [2.24, 2.45) is 0 Å². The Morgan fingerprint density at radius 2 is 1.62 bits per heavy atom. The van der Waals surface area contributed by atoms with Gasteiger partial charge in [-0.2, -0.15) is 18.3 Å². The van der Waals surface area contributed by atoms with Crippen LogP contribution in [0.2, 0.25) is 0 Å². The smallest absolute Gasteiger partial charge is 0.346 e. The van der Waals surface area contributed by atoms with E-state index >= 15 is 0 Å². The molecular weight excluding hydrogens is 415 g/mol. The highest BCUT2D eigenvalue weighted by atomic mass is 19.4. The van der Waals surface area contributed by atoms with E-state index in [1.165, 1.54) is 6.07 Å². The van der Waals surface area contributed by atoms with Crippen molar-refractivity contribution in [3.05, 3.63) is 102 Å². The zero-order valence-electron chi connectivity index (χ0n) is 17.1. The molecule has 0 aliphatic heterocycles. The maximum absolute atomic E-state index is 13.0. The number of carbonyl (C=O) groups excluding carboxylic acids is 1. The highest BCUT2D eigenvalue weighted by molar-refractivity contribution is 5.94. The molecule has 7 heteroatoms. The maximum atomic E-state index is 13.0. The minimum absolute atomic E-state index is 0.133. The van der Waals surface area contributed by atoms with Crippen LogP contribution in [-0.2, 0) is 6.18 Å². The Bertz CT molecular complexity index is 1220. The van der Waals surface area contributed by atoms with Crippen LogP contribution in [0.25, 0.3) is 22.5 Å². The Morgan fingerprint density at radius 3 is 2.31 bits per heavy atom. The molecule has 162 valence electrons. The predicted octanol–water partition coefficient (Wildman–Crippen LogP) is 6.25. The number of nitrogens with zero attached hydrogens (tertiary/aromatic N) is 1. The number of nitrogens with one attached hydrogen (secondary N) is 2. The number of hydrogen-bond acceptors (Lipinski definition) is 2. The first kappa shape index (κ1) is 21.4. The van der Waals surface area contributed by atoms with Crippen LogP contribution in [0, 0.1) is 0 Å². The molecule has 0 aliphatic carbocycles. The average Bonchev–Trinajstić information content (AvgIpc) is 3.30. The maximum Gasteiger partial charge on any atom is 0.416 e. The van der Waals surface area contributed by atoms with Gasteiger partial charge in [0, 0.05) is 11.1 Å². The molecule has 2 N–H and O–H groups in total. The van der Waals surface area contributed by atoms with Gasteiger partial charge in [0.15, 0.2) is 0 Å². The van der Waals surface area contributed by atoms with Crippen LogP contribution < -0.4 is 5.32 Å². The van der Waals surface area contributed by atoms with Crippen molar-refractivity contribution >= 4 is 5.91 Å². The van der Waals surface area contributed by atoms with Gasteiger partial charge in [0.25, 0.3) is 5.91 Å². The van der Waals surface area contributed by atoms with Crippen molar-refractivity contribution in [2.45, 2.75) is 19.1 Å². The van der Waals surface area contributed by atoms with E-state index in [-0.39, 0.29) is 11.9 Å². The predicted molar refractivity (Wildman–Crippen MR) is 117 cm³/mol. The van der Waals surface area contributed by atoms with Crippen molar-refractivity contribution in [1.29, 1.82) is 0 Å². The third-order valence-electron chi connectivity index (χ3n) is 5.17. The van der Waals surface area contributed by atoms with Crippen LogP contribution in [0.4, 0.5) is 13.2 Å².